The molecule has 1 aromatic carbocycles. The first-order chi connectivity index (χ1) is 17.8. The van der Waals surface area contributed by atoms with Crippen LogP contribution in [0.3, 0.4) is 0 Å². The Balaban J connectivity index is 1.76. The number of nitrogens with zero attached hydrogens (tertiary/aromatic N) is 4. The first-order valence-electron chi connectivity index (χ1n) is 10.9. The van der Waals surface area contributed by atoms with Gasteiger partial charge in [-0.15, -0.1) is 11.3 Å². The van der Waals surface area contributed by atoms with Crippen LogP contribution in [0.2, 0.25) is 0 Å². The molecule has 0 radical (unpaired) electrons. The number of alkyl halides is 2. The van der Waals surface area contributed by atoms with E-state index in [0.717, 1.165) is 27.8 Å². The highest BCUT2D eigenvalue weighted by atomic mass is 32.1. The summed E-state index contributed by atoms with van der Waals surface area (Å²) in [5.41, 5.74) is 3.39. The fraction of sp³-hybridized carbons (Fsp3) is 0.120. The summed E-state index contributed by atoms with van der Waals surface area (Å²) in [7, 11) is 1.79. The molecule has 37 heavy (non-hydrogen) atoms. The molecule has 0 spiro atoms. The number of hydrogen-bond acceptors (Lipinski definition) is 6. The maximum absolute atomic E-state index is 14.1. The van der Waals surface area contributed by atoms with Crippen molar-refractivity contribution >= 4 is 27.3 Å². The van der Waals surface area contributed by atoms with E-state index < -0.39 is 12.4 Å². The molecule has 0 fully saturated rings. The van der Waals surface area contributed by atoms with Crippen molar-refractivity contribution in [2.75, 3.05) is 0 Å². The number of aromatic amines is 1. The molecule has 0 saturated carbocycles. The number of benzene rings is 1. The van der Waals surface area contributed by atoms with Crippen LogP contribution in [-0.2, 0) is 18.4 Å². The largest absolute Gasteiger partial charge is 0.434 e. The fourth-order valence-corrected chi connectivity index (χ4v) is 4.90. The maximum atomic E-state index is 14.1. The van der Waals surface area contributed by atoms with E-state index in [-0.39, 0.29) is 23.8 Å². The van der Waals surface area contributed by atoms with Crippen molar-refractivity contribution in [2.24, 2.45) is 7.05 Å². The van der Waals surface area contributed by atoms with Gasteiger partial charge in [-0.2, -0.15) is 19.0 Å². The molecule has 5 rings (SSSR count). The van der Waals surface area contributed by atoms with Crippen LogP contribution in [0.4, 0.5) is 13.2 Å². The second-order valence-electron chi connectivity index (χ2n) is 7.97. The Morgan fingerprint density at radius 1 is 1.30 bits per heavy atom. The second-order valence-corrected chi connectivity index (χ2v) is 8.89. The first kappa shape index (κ1) is 24.3. The third-order valence-corrected chi connectivity index (χ3v) is 6.46. The molecular formula is C25H19F3N6O2S. The number of thiophene rings is 1. The average molecular weight is 525 g/mol. The van der Waals surface area contributed by atoms with E-state index in [0.29, 0.717) is 28.3 Å². The third-order valence-electron chi connectivity index (χ3n) is 5.53. The molecule has 0 unspecified atom stereocenters. The van der Waals surface area contributed by atoms with Crippen LogP contribution in [0, 0.1) is 5.82 Å². The summed E-state index contributed by atoms with van der Waals surface area (Å²) in [5.74, 6) is -1.40. The molecule has 5 aromatic rings. The number of H-pyrrole nitrogens is 1. The van der Waals surface area contributed by atoms with Gasteiger partial charge in [0.2, 0.25) is 5.91 Å². The van der Waals surface area contributed by atoms with E-state index >= 15 is 0 Å². The molecule has 12 heteroatoms. The molecule has 4 heterocycles. The molecule has 0 bridgehead atoms. The predicted octanol–water partition coefficient (Wildman–Crippen LogP) is 5.30. The normalized spacial score (nSPS) is 11.3. The molecule has 2 N–H and O–H groups in total. The minimum Gasteiger partial charge on any atom is -0.434 e. The van der Waals surface area contributed by atoms with Crippen LogP contribution >= 0.6 is 11.3 Å². The van der Waals surface area contributed by atoms with Crippen molar-refractivity contribution in [1.82, 2.24) is 30.3 Å². The van der Waals surface area contributed by atoms with Crippen LogP contribution in [0.5, 0.6) is 5.75 Å². The summed E-state index contributed by atoms with van der Waals surface area (Å²) >= 11 is 1.38. The highest BCUT2D eigenvalue weighted by Crippen LogP contribution is 2.45. The summed E-state index contributed by atoms with van der Waals surface area (Å²) in [5, 5.41) is 16.8. The Kier molecular flexibility index (Phi) is 6.49. The number of carbonyl (C=O) groups is 1. The molecule has 4 aromatic heterocycles. The Labute approximate surface area is 212 Å². The zero-order valence-corrected chi connectivity index (χ0v) is 20.2. The van der Waals surface area contributed by atoms with Crippen LogP contribution < -0.4 is 10.1 Å². The van der Waals surface area contributed by atoms with Gasteiger partial charge >= 0.3 is 6.61 Å². The summed E-state index contributed by atoms with van der Waals surface area (Å²) in [6, 6.07) is 7.04. The quantitative estimate of drug-likeness (QED) is 0.269. The van der Waals surface area contributed by atoms with Crippen LogP contribution in [0.25, 0.3) is 43.9 Å². The van der Waals surface area contributed by atoms with Gasteiger partial charge in [0.15, 0.2) is 0 Å². The Morgan fingerprint density at radius 2 is 2.14 bits per heavy atom. The van der Waals surface area contributed by atoms with Gasteiger partial charge in [0.1, 0.15) is 23.0 Å². The highest BCUT2D eigenvalue weighted by molar-refractivity contribution is 7.18. The predicted molar refractivity (Wildman–Crippen MR) is 133 cm³/mol. The molecule has 8 nitrogen and oxygen atoms in total. The Hall–Kier alpha value is -4.45. The molecule has 0 atom stereocenters. The zero-order valence-electron chi connectivity index (χ0n) is 19.3. The Morgan fingerprint density at radius 3 is 2.86 bits per heavy atom. The third kappa shape index (κ3) is 4.83. The van der Waals surface area contributed by atoms with Crippen LogP contribution in [0.15, 0.2) is 60.8 Å². The van der Waals surface area contributed by atoms with E-state index in [1.165, 1.54) is 23.5 Å². The highest BCUT2D eigenvalue weighted by Gasteiger charge is 2.24. The number of halogens is 3. The number of hydrogen-bond donors (Lipinski definition) is 2. The monoisotopic (exact) mass is 524 g/mol. The van der Waals surface area contributed by atoms with Crippen molar-refractivity contribution in [1.29, 1.82) is 0 Å². The fourth-order valence-electron chi connectivity index (χ4n) is 3.95. The summed E-state index contributed by atoms with van der Waals surface area (Å²) in [6.07, 6.45) is 4.64. The average Bonchev–Trinajstić information content (AvgIpc) is 3.62. The van der Waals surface area contributed by atoms with Gasteiger partial charge in [-0.25, -0.2) is 9.37 Å². The zero-order chi connectivity index (χ0) is 26.1. The molecule has 0 aliphatic carbocycles. The van der Waals surface area contributed by atoms with Gasteiger partial charge in [-0.1, -0.05) is 6.58 Å². The van der Waals surface area contributed by atoms with Crippen molar-refractivity contribution in [3.63, 3.8) is 0 Å². The molecule has 1 amide bonds. The van der Waals surface area contributed by atoms with Gasteiger partial charge < -0.3 is 10.1 Å². The standard InChI is InChI=1S/C25H19F3N6O2S/c1-3-20(35)29-11-15-9-18(33-32-15)23-21(16-5-4-14(26)8-19(16)36-25(27)28)24-17(6-7-37-24)22(31-23)13-10-30-34(2)12-13/h3-10,12,25H,1,11H2,2H3,(H,29,35)(H,32,33). The summed E-state index contributed by atoms with van der Waals surface area (Å²) < 4.78 is 47.7. The first-order valence-corrected chi connectivity index (χ1v) is 11.8. The lowest BCUT2D eigenvalue weighted by Crippen LogP contribution is -2.20. The van der Waals surface area contributed by atoms with Gasteiger partial charge in [-0.05, 0) is 35.7 Å². The lowest BCUT2D eigenvalue weighted by molar-refractivity contribution is -0.116. The Bertz CT molecular complexity index is 1620. The van der Waals surface area contributed by atoms with Crippen molar-refractivity contribution in [2.45, 2.75) is 13.2 Å². The van der Waals surface area contributed by atoms with Crippen molar-refractivity contribution in [3.05, 3.63) is 72.3 Å². The lowest BCUT2D eigenvalue weighted by atomic mass is 9.97. The number of nitrogens with one attached hydrogen (secondary N) is 2. The van der Waals surface area contributed by atoms with E-state index in [2.05, 4.69) is 27.2 Å². The van der Waals surface area contributed by atoms with Gasteiger partial charge in [0, 0.05) is 46.1 Å². The number of pyridine rings is 1. The van der Waals surface area contributed by atoms with E-state index in [1.807, 2.05) is 17.6 Å². The maximum Gasteiger partial charge on any atom is 0.387 e. The van der Waals surface area contributed by atoms with Crippen molar-refractivity contribution < 1.29 is 22.7 Å². The number of ether oxygens (including phenoxy) is 1. The molecule has 0 saturated heterocycles. The molecule has 188 valence electrons. The van der Waals surface area contributed by atoms with Gasteiger partial charge in [-0.3, -0.25) is 14.6 Å². The smallest absolute Gasteiger partial charge is 0.387 e. The van der Waals surface area contributed by atoms with Gasteiger partial charge in [0.05, 0.1) is 24.1 Å². The number of aryl methyl sites for hydroxylation is 1. The lowest BCUT2D eigenvalue weighted by Gasteiger charge is -2.16. The topological polar surface area (TPSA) is 97.7 Å². The molecular weight excluding hydrogens is 505 g/mol. The number of rotatable bonds is 8. The summed E-state index contributed by atoms with van der Waals surface area (Å²) in [6.45, 7) is 0.421. The second kappa shape index (κ2) is 9.90. The van der Waals surface area contributed by atoms with Crippen LogP contribution in [-0.4, -0.2) is 37.5 Å². The number of fused-ring (bicyclic) bond motifs is 1. The van der Waals surface area contributed by atoms with E-state index in [1.54, 1.807) is 24.0 Å². The van der Waals surface area contributed by atoms with E-state index in [9.17, 15) is 18.0 Å². The minimum absolute atomic E-state index is 0.153. The van der Waals surface area contributed by atoms with Gasteiger partial charge in [0.25, 0.3) is 0 Å². The number of carbonyl (C=O) groups excluding carboxylic acids is 1. The number of aromatic nitrogens is 5. The molecule has 0 aliphatic rings. The number of amides is 1. The SMILES string of the molecule is C=CC(=O)NCc1cc(-c2nc(-c3cnn(C)c3)c3ccsc3c2-c2ccc(F)cc2OC(F)F)n[nH]1. The van der Waals surface area contributed by atoms with E-state index in [4.69, 9.17) is 9.72 Å². The molecule has 0 aliphatic heterocycles. The van der Waals surface area contributed by atoms with Crippen LogP contribution in [0.1, 0.15) is 5.69 Å². The minimum atomic E-state index is -3.16. The summed E-state index contributed by atoms with van der Waals surface area (Å²) in [4.78, 5) is 16.5. The van der Waals surface area contributed by atoms with Crippen molar-refractivity contribution in [3.8, 4) is 39.5 Å².